The van der Waals surface area contributed by atoms with Gasteiger partial charge in [-0.2, -0.15) is 0 Å². The molecule has 0 aliphatic rings. The van der Waals surface area contributed by atoms with E-state index in [0.29, 0.717) is 12.1 Å². The number of aromatic nitrogens is 1. The fourth-order valence-electron chi connectivity index (χ4n) is 1.88. The molecule has 7 heteroatoms. The largest absolute Gasteiger partial charge is 0.346 e. The van der Waals surface area contributed by atoms with Crippen molar-refractivity contribution in [3.63, 3.8) is 0 Å². The van der Waals surface area contributed by atoms with Crippen molar-refractivity contribution in [2.45, 2.75) is 17.9 Å². The van der Waals surface area contributed by atoms with Gasteiger partial charge in [-0.3, -0.25) is 4.39 Å². The molecule has 0 atom stereocenters. The SMILES string of the molecule is NS(=O)(=O)c1cn(CCCF)c2ccc(F)cc12. The van der Waals surface area contributed by atoms with Crippen LogP contribution >= 0.6 is 0 Å². The second-order valence-corrected chi connectivity index (χ2v) is 5.47. The molecule has 0 radical (unpaired) electrons. The maximum Gasteiger partial charge on any atom is 0.240 e. The second kappa shape index (κ2) is 4.66. The monoisotopic (exact) mass is 274 g/mol. The number of fused-ring (bicyclic) bond motifs is 1. The maximum atomic E-state index is 13.2. The molecule has 0 fully saturated rings. The Morgan fingerprint density at radius 2 is 2.06 bits per heavy atom. The summed E-state index contributed by atoms with van der Waals surface area (Å²) in [5.74, 6) is -0.546. The summed E-state index contributed by atoms with van der Waals surface area (Å²) < 4.78 is 49.7. The fraction of sp³-hybridized carbons (Fsp3) is 0.273. The number of hydrogen-bond acceptors (Lipinski definition) is 2. The zero-order chi connectivity index (χ0) is 13.3. The van der Waals surface area contributed by atoms with Gasteiger partial charge in [0.1, 0.15) is 10.7 Å². The smallest absolute Gasteiger partial charge is 0.240 e. The molecule has 18 heavy (non-hydrogen) atoms. The quantitative estimate of drug-likeness (QED) is 0.923. The van der Waals surface area contributed by atoms with Crippen LogP contribution in [0.15, 0.2) is 29.3 Å². The van der Waals surface area contributed by atoms with E-state index in [0.717, 1.165) is 6.07 Å². The second-order valence-electron chi connectivity index (χ2n) is 3.94. The van der Waals surface area contributed by atoms with Crippen molar-refractivity contribution in [2.75, 3.05) is 6.67 Å². The summed E-state index contributed by atoms with van der Waals surface area (Å²) in [5, 5.41) is 5.30. The molecule has 2 rings (SSSR count). The van der Waals surface area contributed by atoms with Gasteiger partial charge in [0.25, 0.3) is 0 Å². The van der Waals surface area contributed by atoms with Gasteiger partial charge in [-0.05, 0) is 24.6 Å². The van der Waals surface area contributed by atoms with Gasteiger partial charge < -0.3 is 4.57 Å². The molecular formula is C11H12F2N2O2S. The van der Waals surface area contributed by atoms with Gasteiger partial charge in [0.15, 0.2) is 0 Å². The number of halogens is 2. The van der Waals surface area contributed by atoms with Crippen molar-refractivity contribution < 1.29 is 17.2 Å². The number of primary sulfonamides is 1. The third kappa shape index (κ3) is 2.37. The summed E-state index contributed by atoms with van der Waals surface area (Å²) in [6.07, 6.45) is 1.57. The molecule has 0 aliphatic heterocycles. The van der Waals surface area contributed by atoms with Crippen molar-refractivity contribution in [3.8, 4) is 0 Å². The first kappa shape index (κ1) is 13.0. The van der Waals surface area contributed by atoms with Crippen molar-refractivity contribution in [2.24, 2.45) is 5.14 Å². The maximum absolute atomic E-state index is 13.2. The number of nitrogens with two attached hydrogens (primary N) is 1. The molecule has 0 bridgehead atoms. The van der Waals surface area contributed by atoms with E-state index in [4.69, 9.17) is 5.14 Å². The number of aryl methyl sites for hydroxylation is 1. The number of hydrogen-bond donors (Lipinski definition) is 1. The average Bonchev–Trinajstić information content (AvgIpc) is 2.64. The van der Waals surface area contributed by atoms with Crippen molar-refractivity contribution in [1.82, 2.24) is 4.57 Å². The molecule has 98 valence electrons. The Morgan fingerprint density at radius 1 is 1.33 bits per heavy atom. The van der Waals surface area contributed by atoms with Crippen LogP contribution in [0.25, 0.3) is 10.9 Å². The minimum absolute atomic E-state index is 0.143. The van der Waals surface area contributed by atoms with Crippen molar-refractivity contribution in [3.05, 3.63) is 30.2 Å². The van der Waals surface area contributed by atoms with Crippen LogP contribution < -0.4 is 5.14 Å². The molecule has 2 aromatic rings. The summed E-state index contributed by atoms with van der Waals surface area (Å²) in [7, 11) is -3.93. The molecule has 4 nitrogen and oxygen atoms in total. The predicted molar refractivity (Wildman–Crippen MR) is 63.9 cm³/mol. The number of nitrogens with zero attached hydrogens (tertiary/aromatic N) is 1. The van der Waals surface area contributed by atoms with E-state index in [2.05, 4.69) is 0 Å². The Balaban J connectivity index is 2.67. The first-order valence-corrected chi connectivity index (χ1v) is 6.85. The average molecular weight is 274 g/mol. The van der Waals surface area contributed by atoms with Crippen molar-refractivity contribution >= 4 is 20.9 Å². The Kier molecular flexibility index (Phi) is 3.36. The summed E-state index contributed by atoms with van der Waals surface area (Å²) >= 11 is 0. The minimum atomic E-state index is -3.93. The van der Waals surface area contributed by atoms with Gasteiger partial charge in [-0.25, -0.2) is 17.9 Å². The Labute approximate surface area is 103 Å². The summed E-state index contributed by atoms with van der Waals surface area (Å²) in [6.45, 7) is -0.195. The topological polar surface area (TPSA) is 65.1 Å². The lowest BCUT2D eigenvalue weighted by Gasteiger charge is -2.02. The third-order valence-electron chi connectivity index (χ3n) is 2.65. The fourth-order valence-corrected chi connectivity index (χ4v) is 2.62. The molecule has 1 aromatic heterocycles. The molecule has 0 spiro atoms. The highest BCUT2D eigenvalue weighted by Crippen LogP contribution is 2.25. The Hall–Kier alpha value is -1.47. The molecule has 1 aromatic carbocycles. The van der Waals surface area contributed by atoms with Crippen LogP contribution in [0, 0.1) is 5.82 Å². The van der Waals surface area contributed by atoms with Gasteiger partial charge >= 0.3 is 0 Å². The summed E-state index contributed by atoms with van der Waals surface area (Å²) in [6, 6.07) is 3.79. The lowest BCUT2D eigenvalue weighted by molar-refractivity contribution is 0.449. The van der Waals surface area contributed by atoms with Crippen molar-refractivity contribution in [1.29, 1.82) is 0 Å². The van der Waals surface area contributed by atoms with E-state index >= 15 is 0 Å². The lowest BCUT2D eigenvalue weighted by atomic mass is 10.2. The molecule has 0 saturated carbocycles. The predicted octanol–water partition coefficient (Wildman–Crippen LogP) is 1.79. The van der Waals surface area contributed by atoms with E-state index in [1.807, 2.05) is 0 Å². The molecule has 0 amide bonds. The highest BCUT2D eigenvalue weighted by atomic mass is 32.2. The van der Waals surface area contributed by atoms with Crippen LogP contribution in [0.5, 0.6) is 0 Å². The number of rotatable bonds is 4. The summed E-state index contributed by atoms with van der Waals surface area (Å²) in [4.78, 5) is -0.143. The van der Waals surface area contributed by atoms with Crippen LogP contribution in [0.2, 0.25) is 0 Å². The normalized spacial score (nSPS) is 12.2. The van der Waals surface area contributed by atoms with E-state index in [-0.39, 0.29) is 16.7 Å². The van der Waals surface area contributed by atoms with Gasteiger partial charge in [-0.15, -0.1) is 0 Å². The molecular weight excluding hydrogens is 262 g/mol. The van der Waals surface area contributed by atoms with Gasteiger partial charge in [0.05, 0.1) is 6.67 Å². The van der Waals surface area contributed by atoms with Crippen LogP contribution in [0.1, 0.15) is 6.42 Å². The standard InChI is InChI=1S/C11H12F2N2O2S/c12-4-1-5-15-7-11(18(14,16)17)9-6-8(13)2-3-10(9)15/h2-3,6-7H,1,4-5H2,(H2,14,16,17). The first-order valence-electron chi connectivity index (χ1n) is 5.30. The number of alkyl halides is 1. The number of sulfonamides is 1. The van der Waals surface area contributed by atoms with Crippen LogP contribution in [-0.4, -0.2) is 19.7 Å². The number of benzene rings is 1. The Morgan fingerprint density at radius 3 is 2.67 bits per heavy atom. The molecule has 0 aliphatic carbocycles. The Bertz CT molecular complexity index is 680. The van der Waals surface area contributed by atoms with Gasteiger partial charge in [-0.1, -0.05) is 0 Å². The highest BCUT2D eigenvalue weighted by molar-refractivity contribution is 7.89. The first-order chi connectivity index (χ1) is 8.43. The van der Waals surface area contributed by atoms with Gasteiger partial charge in [0.2, 0.25) is 10.0 Å². The van der Waals surface area contributed by atoms with E-state index < -0.39 is 22.5 Å². The van der Waals surface area contributed by atoms with Crippen LogP contribution in [0.3, 0.4) is 0 Å². The van der Waals surface area contributed by atoms with Crippen LogP contribution in [-0.2, 0) is 16.6 Å². The van der Waals surface area contributed by atoms with E-state index in [1.54, 1.807) is 4.57 Å². The summed E-state index contributed by atoms with van der Waals surface area (Å²) in [5.41, 5.74) is 0.522. The minimum Gasteiger partial charge on any atom is -0.346 e. The van der Waals surface area contributed by atoms with E-state index in [1.165, 1.54) is 18.3 Å². The molecule has 2 N–H and O–H groups in total. The van der Waals surface area contributed by atoms with Crippen LogP contribution in [0.4, 0.5) is 8.78 Å². The third-order valence-corrected chi connectivity index (χ3v) is 3.58. The zero-order valence-corrected chi connectivity index (χ0v) is 10.3. The molecule has 1 heterocycles. The zero-order valence-electron chi connectivity index (χ0n) is 9.44. The molecule has 0 unspecified atom stereocenters. The van der Waals surface area contributed by atoms with E-state index in [9.17, 15) is 17.2 Å². The molecule has 0 saturated heterocycles. The lowest BCUT2D eigenvalue weighted by Crippen LogP contribution is -2.11. The van der Waals surface area contributed by atoms with Gasteiger partial charge in [0, 0.05) is 23.6 Å². The highest BCUT2D eigenvalue weighted by Gasteiger charge is 2.17.